The molecule has 0 aliphatic carbocycles. The molecule has 0 radical (unpaired) electrons. The van der Waals surface area contributed by atoms with Gasteiger partial charge in [0.2, 0.25) is 5.95 Å². The standard InChI is InChI=1S/C14H19N5OS/c1-10(13-15-6-8-21-13)17-14-16-5-4-12(19-14)18-11-3-2-7-20-9-11/h4-6,8,10-11H,2-3,7,9H2,1H3,(H2,16,17,18,19)/t10-,11-/m0/s1. The van der Waals surface area contributed by atoms with Gasteiger partial charge in [0.1, 0.15) is 10.8 Å². The highest BCUT2D eigenvalue weighted by atomic mass is 32.1. The Labute approximate surface area is 128 Å². The van der Waals surface area contributed by atoms with Crippen molar-refractivity contribution in [3.8, 4) is 0 Å². The van der Waals surface area contributed by atoms with E-state index < -0.39 is 0 Å². The summed E-state index contributed by atoms with van der Waals surface area (Å²) in [6.45, 7) is 3.65. The molecular formula is C14H19N5OS. The minimum Gasteiger partial charge on any atom is -0.379 e. The molecule has 0 unspecified atom stereocenters. The Kier molecular flexibility index (Phi) is 4.62. The summed E-state index contributed by atoms with van der Waals surface area (Å²) in [4.78, 5) is 13.1. The number of hydrogen-bond donors (Lipinski definition) is 2. The summed E-state index contributed by atoms with van der Waals surface area (Å²) < 4.78 is 5.47. The fraction of sp³-hybridized carbons (Fsp3) is 0.500. The molecule has 3 heterocycles. The Bertz CT molecular complexity index is 556. The third kappa shape index (κ3) is 3.89. The van der Waals surface area contributed by atoms with Gasteiger partial charge in [-0.2, -0.15) is 4.98 Å². The molecule has 2 N–H and O–H groups in total. The second-order valence-corrected chi connectivity index (χ2v) is 5.99. The van der Waals surface area contributed by atoms with Crippen LogP contribution in [0.15, 0.2) is 23.8 Å². The van der Waals surface area contributed by atoms with Crippen LogP contribution in [0.2, 0.25) is 0 Å². The summed E-state index contributed by atoms with van der Waals surface area (Å²) in [6.07, 6.45) is 5.77. The van der Waals surface area contributed by atoms with Gasteiger partial charge in [-0.25, -0.2) is 9.97 Å². The largest absolute Gasteiger partial charge is 0.379 e. The molecule has 6 nitrogen and oxygen atoms in total. The van der Waals surface area contributed by atoms with Gasteiger partial charge < -0.3 is 15.4 Å². The number of rotatable bonds is 5. The normalized spacial score (nSPS) is 20.0. The zero-order chi connectivity index (χ0) is 14.5. The van der Waals surface area contributed by atoms with Crippen LogP contribution >= 0.6 is 11.3 Å². The molecule has 0 aromatic carbocycles. The van der Waals surface area contributed by atoms with Crippen molar-refractivity contribution in [3.05, 3.63) is 28.8 Å². The molecule has 0 amide bonds. The van der Waals surface area contributed by atoms with E-state index in [1.54, 1.807) is 23.7 Å². The van der Waals surface area contributed by atoms with E-state index in [2.05, 4.69) is 32.5 Å². The average Bonchev–Trinajstić information content (AvgIpc) is 3.03. The van der Waals surface area contributed by atoms with Crippen LogP contribution in [0.5, 0.6) is 0 Å². The molecule has 112 valence electrons. The van der Waals surface area contributed by atoms with Gasteiger partial charge in [-0.15, -0.1) is 11.3 Å². The lowest BCUT2D eigenvalue weighted by Crippen LogP contribution is -2.30. The highest BCUT2D eigenvalue weighted by Crippen LogP contribution is 2.19. The Balaban J connectivity index is 1.62. The number of anilines is 2. The Morgan fingerprint density at radius 1 is 1.38 bits per heavy atom. The Morgan fingerprint density at radius 2 is 2.33 bits per heavy atom. The first-order valence-electron chi connectivity index (χ1n) is 7.14. The van der Waals surface area contributed by atoms with Crippen molar-refractivity contribution in [3.63, 3.8) is 0 Å². The molecule has 7 heteroatoms. The number of thiazole rings is 1. The van der Waals surface area contributed by atoms with E-state index in [4.69, 9.17) is 4.74 Å². The molecule has 1 aliphatic rings. The second-order valence-electron chi connectivity index (χ2n) is 5.06. The highest BCUT2D eigenvalue weighted by molar-refractivity contribution is 7.09. The van der Waals surface area contributed by atoms with Gasteiger partial charge >= 0.3 is 0 Å². The van der Waals surface area contributed by atoms with Gasteiger partial charge in [-0.1, -0.05) is 0 Å². The third-order valence-corrected chi connectivity index (χ3v) is 4.29. The van der Waals surface area contributed by atoms with Crippen LogP contribution in [0, 0.1) is 0 Å². The van der Waals surface area contributed by atoms with Crippen molar-refractivity contribution >= 4 is 23.1 Å². The summed E-state index contributed by atoms with van der Waals surface area (Å²) in [5, 5.41) is 9.67. The summed E-state index contributed by atoms with van der Waals surface area (Å²) >= 11 is 1.62. The first-order valence-corrected chi connectivity index (χ1v) is 8.02. The van der Waals surface area contributed by atoms with Gasteiger partial charge in [-0.3, -0.25) is 0 Å². The van der Waals surface area contributed by atoms with E-state index in [1.807, 2.05) is 11.4 Å². The van der Waals surface area contributed by atoms with E-state index in [1.165, 1.54) is 0 Å². The number of ether oxygens (including phenoxy) is 1. The molecular weight excluding hydrogens is 286 g/mol. The molecule has 1 aliphatic heterocycles. The predicted octanol–water partition coefficient (Wildman–Crippen LogP) is 2.70. The van der Waals surface area contributed by atoms with Crippen molar-refractivity contribution in [2.24, 2.45) is 0 Å². The SMILES string of the molecule is C[C@H](Nc1nccc(N[C@H]2CCCOC2)n1)c1nccs1. The zero-order valence-electron chi connectivity index (χ0n) is 12.0. The van der Waals surface area contributed by atoms with Crippen LogP contribution in [0.1, 0.15) is 30.8 Å². The second kappa shape index (κ2) is 6.82. The van der Waals surface area contributed by atoms with Crippen LogP contribution in [-0.4, -0.2) is 34.2 Å². The maximum Gasteiger partial charge on any atom is 0.225 e. The van der Waals surface area contributed by atoms with E-state index in [-0.39, 0.29) is 6.04 Å². The molecule has 1 fully saturated rings. The van der Waals surface area contributed by atoms with Crippen LogP contribution in [0.4, 0.5) is 11.8 Å². The smallest absolute Gasteiger partial charge is 0.225 e. The van der Waals surface area contributed by atoms with Crippen molar-refractivity contribution in [1.29, 1.82) is 0 Å². The van der Waals surface area contributed by atoms with Crippen LogP contribution in [0.25, 0.3) is 0 Å². The summed E-state index contributed by atoms with van der Waals surface area (Å²) in [5.41, 5.74) is 0. The van der Waals surface area contributed by atoms with E-state index in [0.29, 0.717) is 12.0 Å². The first-order chi connectivity index (χ1) is 10.3. The van der Waals surface area contributed by atoms with Crippen LogP contribution in [-0.2, 0) is 4.74 Å². The number of hydrogen-bond acceptors (Lipinski definition) is 7. The Hall–Kier alpha value is -1.73. The lowest BCUT2D eigenvalue weighted by atomic mass is 10.1. The molecule has 2 aromatic rings. The van der Waals surface area contributed by atoms with Gasteiger partial charge in [0.15, 0.2) is 0 Å². The van der Waals surface area contributed by atoms with Gasteiger partial charge in [0.25, 0.3) is 0 Å². The van der Waals surface area contributed by atoms with Gasteiger partial charge in [0, 0.05) is 24.4 Å². The topological polar surface area (TPSA) is 72.0 Å². The predicted molar refractivity (Wildman–Crippen MR) is 83.6 cm³/mol. The number of nitrogens with one attached hydrogen (secondary N) is 2. The number of aromatic nitrogens is 3. The fourth-order valence-electron chi connectivity index (χ4n) is 2.28. The maximum absolute atomic E-state index is 5.47. The lowest BCUT2D eigenvalue weighted by Gasteiger charge is -2.23. The van der Waals surface area contributed by atoms with Crippen LogP contribution in [0.3, 0.4) is 0 Å². The first kappa shape index (κ1) is 14.2. The van der Waals surface area contributed by atoms with Crippen molar-refractivity contribution in [2.75, 3.05) is 23.8 Å². The van der Waals surface area contributed by atoms with Crippen molar-refractivity contribution in [1.82, 2.24) is 15.0 Å². The van der Waals surface area contributed by atoms with E-state index >= 15 is 0 Å². The summed E-state index contributed by atoms with van der Waals surface area (Å²) in [7, 11) is 0. The monoisotopic (exact) mass is 305 g/mol. The quantitative estimate of drug-likeness (QED) is 0.885. The molecule has 3 rings (SSSR count). The van der Waals surface area contributed by atoms with Crippen molar-refractivity contribution < 1.29 is 4.74 Å². The van der Waals surface area contributed by atoms with Gasteiger partial charge in [-0.05, 0) is 25.8 Å². The lowest BCUT2D eigenvalue weighted by molar-refractivity contribution is 0.0875. The van der Waals surface area contributed by atoms with Crippen molar-refractivity contribution in [2.45, 2.75) is 31.8 Å². The molecule has 1 saturated heterocycles. The molecule has 0 bridgehead atoms. The number of nitrogens with zero attached hydrogens (tertiary/aromatic N) is 3. The molecule has 2 atom stereocenters. The van der Waals surface area contributed by atoms with E-state index in [0.717, 1.165) is 36.9 Å². The van der Waals surface area contributed by atoms with E-state index in [9.17, 15) is 0 Å². The highest BCUT2D eigenvalue weighted by Gasteiger charge is 2.15. The summed E-state index contributed by atoms with van der Waals surface area (Å²) in [6, 6.07) is 2.31. The minimum absolute atomic E-state index is 0.0956. The Morgan fingerprint density at radius 3 is 3.10 bits per heavy atom. The maximum atomic E-state index is 5.47. The average molecular weight is 305 g/mol. The third-order valence-electron chi connectivity index (χ3n) is 3.34. The molecule has 2 aromatic heterocycles. The molecule has 0 saturated carbocycles. The fourth-order valence-corrected chi connectivity index (χ4v) is 2.92. The summed E-state index contributed by atoms with van der Waals surface area (Å²) in [5.74, 6) is 1.44. The minimum atomic E-state index is 0.0956. The molecule has 0 spiro atoms. The van der Waals surface area contributed by atoms with Gasteiger partial charge in [0.05, 0.1) is 18.7 Å². The zero-order valence-corrected chi connectivity index (χ0v) is 12.8. The molecule has 21 heavy (non-hydrogen) atoms. The van der Waals surface area contributed by atoms with Crippen LogP contribution < -0.4 is 10.6 Å².